The average Bonchev–Trinajstić information content (AvgIpc) is 3.12. The van der Waals surface area contributed by atoms with Crippen molar-refractivity contribution in [2.24, 2.45) is 0 Å². The van der Waals surface area contributed by atoms with Crippen LogP contribution >= 0.6 is 0 Å². The minimum absolute atomic E-state index is 0.267. The number of hydrogen-bond acceptors (Lipinski definition) is 4. The summed E-state index contributed by atoms with van der Waals surface area (Å²) in [6.07, 6.45) is 0.350. The molecule has 1 amide bonds. The van der Waals surface area contributed by atoms with Crippen LogP contribution in [0.15, 0.2) is 53.3 Å². The summed E-state index contributed by atoms with van der Waals surface area (Å²) in [6.45, 7) is 7.51. The molecule has 0 radical (unpaired) electrons. The molecule has 1 N–H and O–H groups in total. The number of benzene rings is 2. The van der Waals surface area contributed by atoms with Gasteiger partial charge >= 0.3 is 0 Å². The van der Waals surface area contributed by atoms with Gasteiger partial charge in [0.05, 0.1) is 22.5 Å². The van der Waals surface area contributed by atoms with Gasteiger partial charge in [0.15, 0.2) is 5.52 Å². The molecule has 0 aliphatic carbocycles. The zero-order chi connectivity index (χ0) is 23.0. The van der Waals surface area contributed by atoms with Gasteiger partial charge in [-0.05, 0) is 63.6 Å². The maximum absolute atomic E-state index is 13.3. The number of amides is 1. The van der Waals surface area contributed by atoms with Crippen LogP contribution in [0.1, 0.15) is 36.3 Å². The fourth-order valence-electron chi connectivity index (χ4n) is 3.83. The lowest BCUT2D eigenvalue weighted by molar-refractivity contribution is -0.119. The Kier molecular flexibility index (Phi) is 5.61. The van der Waals surface area contributed by atoms with Crippen molar-refractivity contribution in [1.29, 1.82) is 0 Å². The first-order chi connectivity index (χ1) is 15.3. The van der Waals surface area contributed by atoms with Crippen LogP contribution in [0.25, 0.3) is 16.6 Å². The van der Waals surface area contributed by atoms with Gasteiger partial charge in [0, 0.05) is 5.69 Å². The Balaban J connectivity index is 1.77. The normalized spacial score (nSPS) is 12.2. The van der Waals surface area contributed by atoms with Gasteiger partial charge in [0.2, 0.25) is 5.91 Å². The topological polar surface area (TPSA) is 81.8 Å². The predicted octanol–water partition coefficient (Wildman–Crippen LogP) is 4.24. The standard InChI is InChI=1S/C24H24FN5O2/c1-5-20(23(31)26-18-10-8-17(25)9-11-18)30-24(32)22-21(15(3)27-30)16(4)29(28-22)19-12-6-14(2)7-13-19/h6-13,20H,5H2,1-4H3,(H,26,31)/t20-/m0/s1. The molecule has 0 saturated carbocycles. The zero-order valence-corrected chi connectivity index (χ0v) is 18.4. The molecule has 1 atom stereocenters. The van der Waals surface area contributed by atoms with E-state index in [0.717, 1.165) is 16.9 Å². The van der Waals surface area contributed by atoms with Crippen molar-refractivity contribution in [1.82, 2.24) is 19.6 Å². The minimum atomic E-state index is -0.833. The number of carbonyl (C=O) groups excluding carboxylic acids is 1. The van der Waals surface area contributed by atoms with Crippen LogP contribution < -0.4 is 10.9 Å². The molecule has 2 aromatic heterocycles. The van der Waals surface area contributed by atoms with E-state index in [2.05, 4.69) is 15.5 Å². The third-order valence-corrected chi connectivity index (χ3v) is 5.52. The number of anilines is 1. The van der Waals surface area contributed by atoms with Crippen molar-refractivity contribution in [3.8, 4) is 5.69 Å². The van der Waals surface area contributed by atoms with E-state index in [1.165, 1.54) is 28.9 Å². The van der Waals surface area contributed by atoms with E-state index in [-0.39, 0.29) is 5.52 Å². The van der Waals surface area contributed by atoms with Gasteiger partial charge in [-0.1, -0.05) is 24.6 Å². The van der Waals surface area contributed by atoms with Crippen LogP contribution in [0.5, 0.6) is 0 Å². The lowest BCUT2D eigenvalue weighted by Crippen LogP contribution is -2.35. The van der Waals surface area contributed by atoms with Crippen LogP contribution in [0.3, 0.4) is 0 Å². The van der Waals surface area contributed by atoms with E-state index in [1.807, 2.05) is 38.1 Å². The SMILES string of the molecule is CC[C@@H](C(=O)Nc1ccc(F)cc1)n1nc(C)c2c(C)n(-c3ccc(C)cc3)nc2c1=O. The molecule has 8 heteroatoms. The third-order valence-electron chi connectivity index (χ3n) is 5.52. The van der Waals surface area contributed by atoms with Gasteiger partial charge in [-0.2, -0.15) is 10.2 Å². The van der Waals surface area contributed by atoms with Gasteiger partial charge < -0.3 is 5.32 Å². The fourth-order valence-corrected chi connectivity index (χ4v) is 3.83. The summed E-state index contributed by atoms with van der Waals surface area (Å²) in [6, 6.07) is 12.5. The fraction of sp³-hybridized carbons (Fsp3) is 0.250. The number of fused-ring (bicyclic) bond motifs is 1. The monoisotopic (exact) mass is 433 g/mol. The molecule has 0 fully saturated rings. The molecule has 2 heterocycles. The van der Waals surface area contributed by atoms with Crippen molar-refractivity contribution in [2.75, 3.05) is 5.32 Å². The first kappa shape index (κ1) is 21.4. The van der Waals surface area contributed by atoms with Crippen molar-refractivity contribution in [3.63, 3.8) is 0 Å². The van der Waals surface area contributed by atoms with Crippen molar-refractivity contribution in [3.05, 3.63) is 81.7 Å². The molecule has 4 rings (SSSR count). The van der Waals surface area contributed by atoms with Crippen LogP contribution in [-0.2, 0) is 4.79 Å². The number of aryl methyl sites for hydroxylation is 3. The maximum atomic E-state index is 13.3. The summed E-state index contributed by atoms with van der Waals surface area (Å²) in [5.41, 5.74) is 3.67. The lowest BCUT2D eigenvalue weighted by Gasteiger charge is -2.17. The molecule has 0 saturated heterocycles. The highest BCUT2D eigenvalue weighted by atomic mass is 19.1. The van der Waals surface area contributed by atoms with Gasteiger partial charge in [-0.25, -0.2) is 13.8 Å². The van der Waals surface area contributed by atoms with Crippen LogP contribution in [-0.4, -0.2) is 25.5 Å². The Morgan fingerprint density at radius 3 is 2.31 bits per heavy atom. The van der Waals surface area contributed by atoms with Crippen LogP contribution in [0, 0.1) is 26.6 Å². The molecule has 2 aromatic carbocycles. The summed E-state index contributed by atoms with van der Waals surface area (Å²) in [5, 5.41) is 12.4. The second kappa shape index (κ2) is 8.37. The Hall–Kier alpha value is -3.81. The highest BCUT2D eigenvalue weighted by Gasteiger charge is 2.25. The number of rotatable bonds is 5. The van der Waals surface area contributed by atoms with E-state index in [1.54, 1.807) is 18.5 Å². The smallest absolute Gasteiger partial charge is 0.295 e. The molecule has 32 heavy (non-hydrogen) atoms. The minimum Gasteiger partial charge on any atom is -0.324 e. The van der Waals surface area contributed by atoms with E-state index in [9.17, 15) is 14.0 Å². The Labute approximate surface area is 184 Å². The highest BCUT2D eigenvalue weighted by Crippen LogP contribution is 2.23. The molecule has 7 nitrogen and oxygen atoms in total. The summed E-state index contributed by atoms with van der Waals surface area (Å²) in [4.78, 5) is 26.3. The Bertz CT molecular complexity index is 1350. The number of nitrogens with one attached hydrogen (secondary N) is 1. The summed E-state index contributed by atoms with van der Waals surface area (Å²) >= 11 is 0. The van der Waals surface area contributed by atoms with Gasteiger partial charge in [0.1, 0.15) is 11.9 Å². The largest absolute Gasteiger partial charge is 0.324 e. The number of halogens is 1. The number of carbonyl (C=O) groups is 1. The molecular weight excluding hydrogens is 409 g/mol. The second-order valence-corrected chi connectivity index (χ2v) is 7.81. The average molecular weight is 433 g/mol. The molecule has 164 valence electrons. The quantitative estimate of drug-likeness (QED) is 0.511. The Morgan fingerprint density at radius 1 is 1.03 bits per heavy atom. The zero-order valence-electron chi connectivity index (χ0n) is 18.4. The number of hydrogen-bond donors (Lipinski definition) is 1. The van der Waals surface area contributed by atoms with Crippen LogP contribution in [0.4, 0.5) is 10.1 Å². The first-order valence-electron chi connectivity index (χ1n) is 10.4. The summed E-state index contributed by atoms with van der Waals surface area (Å²) < 4.78 is 16.1. The molecular formula is C24H24FN5O2. The van der Waals surface area contributed by atoms with Crippen molar-refractivity contribution >= 4 is 22.5 Å². The molecule has 0 spiro atoms. The number of aromatic nitrogens is 4. The highest BCUT2D eigenvalue weighted by molar-refractivity contribution is 5.94. The number of nitrogens with zero attached hydrogens (tertiary/aromatic N) is 4. The molecule has 0 unspecified atom stereocenters. The van der Waals surface area contributed by atoms with Crippen molar-refractivity contribution < 1.29 is 9.18 Å². The first-order valence-corrected chi connectivity index (χ1v) is 10.4. The van der Waals surface area contributed by atoms with E-state index in [0.29, 0.717) is 23.2 Å². The molecule has 0 bridgehead atoms. The van der Waals surface area contributed by atoms with E-state index in [4.69, 9.17) is 0 Å². The molecule has 0 aliphatic heterocycles. The predicted molar refractivity (Wildman–Crippen MR) is 122 cm³/mol. The van der Waals surface area contributed by atoms with Crippen LogP contribution in [0.2, 0.25) is 0 Å². The van der Waals surface area contributed by atoms with E-state index >= 15 is 0 Å². The lowest BCUT2D eigenvalue weighted by atomic mass is 10.1. The van der Waals surface area contributed by atoms with Gasteiger partial charge in [0.25, 0.3) is 5.56 Å². The summed E-state index contributed by atoms with van der Waals surface area (Å²) in [7, 11) is 0. The van der Waals surface area contributed by atoms with Gasteiger partial charge in [-0.3, -0.25) is 9.59 Å². The van der Waals surface area contributed by atoms with E-state index < -0.39 is 23.3 Å². The molecule has 4 aromatic rings. The van der Waals surface area contributed by atoms with Crippen molar-refractivity contribution in [2.45, 2.75) is 40.2 Å². The summed E-state index contributed by atoms with van der Waals surface area (Å²) in [5.74, 6) is -0.796. The maximum Gasteiger partial charge on any atom is 0.295 e. The Morgan fingerprint density at radius 2 is 1.69 bits per heavy atom. The third kappa shape index (κ3) is 3.79. The second-order valence-electron chi connectivity index (χ2n) is 7.81. The van der Waals surface area contributed by atoms with Gasteiger partial charge in [-0.15, -0.1) is 0 Å². The molecule has 0 aliphatic rings.